The van der Waals surface area contributed by atoms with Crippen LogP contribution < -0.4 is 5.32 Å². The van der Waals surface area contributed by atoms with E-state index in [1.807, 2.05) is 6.07 Å². The average molecular weight is 179 g/mol. The van der Waals surface area contributed by atoms with Crippen LogP contribution in [0.25, 0.3) is 0 Å². The number of hydrogen-bond acceptors (Lipinski definition) is 3. The monoisotopic (exact) mass is 179 g/mol. The summed E-state index contributed by atoms with van der Waals surface area (Å²) in [4.78, 5) is 0. The molecule has 3 heteroatoms. The van der Waals surface area contributed by atoms with Gasteiger partial charge in [0.25, 0.3) is 0 Å². The molecule has 1 aliphatic carbocycles. The van der Waals surface area contributed by atoms with Crippen molar-refractivity contribution in [1.29, 1.82) is 0 Å². The van der Waals surface area contributed by atoms with E-state index in [2.05, 4.69) is 5.32 Å². The van der Waals surface area contributed by atoms with Crippen molar-refractivity contribution in [3.63, 3.8) is 0 Å². The summed E-state index contributed by atoms with van der Waals surface area (Å²) in [6.07, 6.45) is 1.56. The Kier molecular flexibility index (Phi) is 2.10. The van der Waals surface area contributed by atoms with Gasteiger partial charge in [-0.15, -0.1) is 0 Å². The second-order valence-corrected chi connectivity index (χ2v) is 3.41. The zero-order valence-electron chi connectivity index (χ0n) is 7.27. The molecule has 0 amide bonds. The van der Waals surface area contributed by atoms with Crippen LogP contribution in [0.4, 0.5) is 5.69 Å². The summed E-state index contributed by atoms with van der Waals surface area (Å²) in [5, 5.41) is 21.8. The quantitative estimate of drug-likeness (QED) is 0.600. The van der Waals surface area contributed by atoms with Gasteiger partial charge in [0.15, 0.2) is 0 Å². The van der Waals surface area contributed by atoms with Crippen LogP contribution in [0.5, 0.6) is 5.75 Å². The standard InChI is InChI=1S/C10H13NO2/c12-9-4-2-1-3-7(9)11-8-5-6-10(8)13/h1-4,8,10-13H,5-6H2. The molecule has 0 aromatic heterocycles. The van der Waals surface area contributed by atoms with Crippen molar-refractivity contribution in [3.05, 3.63) is 24.3 Å². The van der Waals surface area contributed by atoms with E-state index in [9.17, 15) is 10.2 Å². The summed E-state index contributed by atoms with van der Waals surface area (Å²) in [5.41, 5.74) is 0.700. The lowest BCUT2D eigenvalue weighted by atomic mass is 9.89. The first-order valence-corrected chi connectivity index (χ1v) is 4.50. The molecular formula is C10H13NO2. The lowest BCUT2D eigenvalue weighted by Gasteiger charge is -2.33. The minimum atomic E-state index is -0.264. The molecular weight excluding hydrogens is 166 g/mol. The molecule has 0 spiro atoms. The molecule has 1 aromatic rings. The number of phenols is 1. The third kappa shape index (κ3) is 1.60. The number of para-hydroxylation sites is 2. The molecule has 1 aromatic carbocycles. The SMILES string of the molecule is Oc1ccccc1NC1CCC1O. The maximum Gasteiger partial charge on any atom is 0.138 e. The van der Waals surface area contributed by atoms with Crippen LogP contribution in [0.1, 0.15) is 12.8 Å². The lowest BCUT2D eigenvalue weighted by Crippen LogP contribution is -2.42. The van der Waals surface area contributed by atoms with Gasteiger partial charge in [0, 0.05) is 0 Å². The minimum Gasteiger partial charge on any atom is -0.506 e. The number of rotatable bonds is 2. The molecule has 1 aliphatic rings. The number of aromatic hydroxyl groups is 1. The molecule has 3 N–H and O–H groups in total. The molecule has 13 heavy (non-hydrogen) atoms. The highest BCUT2D eigenvalue weighted by atomic mass is 16.3. The Morgan fingerprint density at radius 1 is 1.23 bits per heavy atom. The molecule has 0 aliphatic heterocycles. The largest absolute Gasteiger partial charge is 0.506 e. The van der Waals surface area contributed by atoms with Gasteiger partial charge in [0.1, 0.15) is 5.75 Å². The summed E-state index contributed by atoms with van der Waals surface area (Å²) in [5.74, 6) is 0.238. The number of phenolic OH excluding ortho intramolecular Hbond substituents is 1. The van der Waals surface area contributed by atoms with Gasteiger partial charge in [-0.1, -0.05) is 12.1 Å². The van der Waals surface area contributed by atoms with Crippen LogP contribution in [0, 0.1) is 0 Å². The summed E-state index contributed by atoms with van der Waals surface area (Å²) in [7, 11) is 0. The van der Waals surface area contributed by atoms with E-state index in [4.69, 9.17) is 0 Å². The molecule has 2 atom stereocenters. The Hall–Kier alpha value is -1.22. The topological polar surface area (TPSA) is 52.5 Å². The number of anilines is 1. The van der Waals surface area contributed by atoms with Crippen molar-refractivity contribution >= 4 is 5.69 Å². The predicted octanol–water partition coefficient (Wildman–Crippen LogP) is 1.33. The molecule has 2 rings (SSSR count). The molecule has 0 saturated heterocycles. The summed E-state index contributed by atoms with van der Waals surface area (Å²) >= 11 is 0. The van der Waals surface area contributed by atoms with E-state index in [0.29, 0.717) is 5.69 Å². The zero-order chi connectivity index (χ0) is 9.26. The first-order chi connectivity index (χ1) is 6.27. The number of benzene rings is 1. The van der Waals surface area contributed by atoms with Gasteiger partial charge in [-0.3, -0.25) is 0 Å². The van der Waals surface area contributed by atoms with Gasteiger partial charge in [-0.25, -0.2) is 0 Å². The third-order valence-corrected chi connectivity index (χ3v) is 2.48. The van der Waals surface area contributed by atoms with E-state index in [0.717, 1.165) is 12.8 Å². The van der Waals surface area contributed by atoms with Gasteiger partial charge in [-0.2, -0.15) is 0 Å². The number of nitrogens with one attached hydrogen (secondary N) is 1. The molecule has 0 heterocycles. The van der Waals surface area contributed by atoms with Crippen molar-refractivity contribution < 1.29 is 10.2 Å². The maximum absolute atomic E-state index is 9.42. The molecule has 70 valence electrons. The Bertz CT molecular complexity index is 301. The highest BCUT2D eigenvalue weighted by molar-refractivity contribution is 5.56. The van der Waals surface area contributed by atoms with E-state index in [1.165, 1.54) is 0 Å². The molecule has 1 fully saturated rings. The second kappa shape index (κ2) is 3.26. The third-order valence-electron chi connectivity index (χ3n) is 2.48. The van der Waals surface area contributed by atoms with Crippen LogP contribution in [-0.4, -0.2) is 22.4 Å². The summed E-state index contributed by atoms with van der Waals surface area (Å²) < 4.78 is 0. The fourth-order valence-electron chi connectivity index (χ4n) is 1.45. The number of aliphatic hydroxyl groups is 1. The van der Waals surface area contributed by atoms with Crippen molar-refractivity contribution in [2.45, 2.75) is 25.0 Å². The van der Waals surface area contributed by atoms with Crippen LogP contribution >= 0.6 is 0 Å². The van der Waals surface area contributed by atoms with Crippen LogP contribution in [0.15, 0.2) is 24.3 Å². The first-order valence-electron chi connectivity index (χ1n) is 4.50. The highest BCUT2D eigenvalue weighted by Gasteiger charge is 2.28. The van der Waals surface area contributed by atoms with Crippen molar-refractivity contribution in [1.82, 2.24) is 0 Å². The summed E-state index contributed by atoms with van der Waals surface area (Å²) in [6, 6.07) is 7.17. The van der Waals surface area contributed by atoms with Crippen molar-refractivity contribution in [2.75, 3.05) is 5.32 Å². The van der Waals surface area contributed by atoms with Crippen molar-refractivity contribution in [3.8, 4) is 5.75 Å². The lowest BCUT2D eigenvalue weighted by molar-refractivity contribution is 0.0785. The van der Waals surface area contributed by atoms with E-state index in [1.54, 1.807) is 18.2 Å². The Labute approximate surface area is 77.0 Å². The van der Waals surface area contributed by atoms with Gasteiger partial charge in [0.05, 0.1) is 17.8 Å². The predicted molar refractivity (Wildman–Crippen MR) is 50.8 cm³/mol. The molecule has 2 unspecified atom stereocenters. The fourth-order valence-corrected chi connectivity index (χ4v) is 1.45. The minimum absolute atomic E-state index is 0.105. The second-order valence-electron chi connectivity index (χ2n) is 3.41. The van der Waals surface area contributed by atoms with Crippen LogP contribution in [0.3, 0.4) is 0 Å². The smallest absolute Gasteiger partial charge is 0.138 e. The number of hydrogen-bond donors (Lipinski definition) is 3. The molecule has 1 saturated carbocycles. The number of aliphatic hydroxyl groups excluding tert-OH is 1. The van der Waals surface area contributed by atoms with Crippen LogP contribution in [-0.2, 0) is 0 Å². The van der Waals surface area contributed by atoms with Crippen molar-refractivity contribution in [2.24, 2.45) is 0 Å². The fraction of sp³-hybridized carbons (Fsp3) is 0.400. The normalized spacial score (nSPS) is 26.5. The average Bonchev–Trinajstić information content (AvgIpc) is 2.14. The van der Waals surface area contributed by atoms with E-state index >= 15 is 0 Å². The molecule has 3 nitrogen and oxygen atoms in total. The first kappa shape index (κ1) is 8.38. The van der Waals surface area contributed by atoms with Gasteiger partial charge in [0.2, 0.25) is 0 Å². The molecule has 0 radical (unpaired) electrons. The van der Waals surface area contributed by atoms with Crippen LogP contribution in [0.2, 0.25) is 0 Å². The highest BCUT2D eigenvalue weighted by Crippen LogP contribution is 2.28. The van der Waals surface area contributed by atoms with Gasteiger partial charge < -0.3 is 15.5 Å². The Morgan fingerprint density at radius 3 is 2.54 bits per heavy atom. The summed E-state index contributed by atoms with van der Waals surface area (Å²) in [6.45, 7) is 0. The van der Waals surface area contributed by atoms with Gasteiger partial charge >= 0.3 is 0 Å². The molecule has 0 bridgehead atoms. The van der Waals surface area contributed by atoms with E-state index < -0.39 is 0 Å². The van der Waals surface area contributed by atoms with E-state index in [-0.39, 0.29) is 17.9 Å². The maximum atomic E-state index is 9.42. The zero-order valence-corrected chi connectivity index (χ0v) is 7.27. The van der Waals surface area contributed by atoms with Gasteiger partial charge in [-0.05, 0) is 25.0 Å². The Morgan fingerprint density at radius 2 is 2.00 bits per heavy atom. The Balaban J connectivity index is 2.05.